The van der Waals surface area contributed by atoms with Crippen molar-refractivity contribution in [3.8, 4) is 0 Å². The molecule has 1 N–H and O–H groups in total. The summed E-state index contributed by atoms with van der Waals surface area (Å²) in [6, 6.07) is 27.7. The third-order valence-corrected chi connectivity index (χ3v) is 6.49. The van der Waals surface area contributed by atoms with Crippen LogP contribution in [0, 0.1) is 5.92 Å². The second-order valence-corrected chi connectivity index (χ2v) is 8.77. The van der Waals surface area contributed by atoms with E-state index in [0.717, 1.165) is 22.2 Å². The van der Waals surface area contributed by atoms with Gasteiger partial charge in [0.25, 0.3) is 5.56 Å². The maximum atomic E-state index is 13.5. The van der Waals surface area contributed by atoms with E-state index in [1.54, 1.807) is 0 Å². The van der Waals surface area contributed by atoms with Gasteiger partial charge in [-0.2, -0.15) is 0 Å². The Labute approximate surface area is 198 Å². The van der Waals surface area contributed by atoms with E-state index in [2.05, 4.69) is 5.32 Å². The van der Waals surface area contributed by atoms with Crippen molar-refractivity contribution in [2.75, 3.05) is 18.0 Å². The first-order chi connectivity index (χ1) is 16.7. The van der Waals surface area contributed by atoms with E-state index in [0.29, 0.717) is 44.8 Å². The van der Waals surface area contributed by atoms with Crippen LogP contribution in [-0.4, -0.2) is 28.5 Å². The van der Waals surface area contributed by atoms with Gasteiger partial charge in [0.15, 0.2) is 5.82 Å². The van der Waals surface area contributed by atoms with Gasteiger partial charge in [-0.3, -0.25) is 14.2 Å². The first-order valence-electron chi connectivity index (χ1n) is 11.8. The Bertz CT molecular complexity index is 1330. The van der Waals surface area contributed by atoms with Gasteiger partial charge in [0.2, 0.25) is 5.91 Å². The molecule has 1 saturated heterocycles. The second-order valence-electron chi connectivity index (χ2n) is 8.77. The molecule has 4 aromatic rings. The summed E-state index contributed by atoms with van der Waals surface area (Å²) in [6.45, 7) is 2.30. The summed E-state index contributed by atoms with van der Waals surface area (Å²) in [5.74, 6) is 0.501. The Morgan fingerprint density at radius 2 is 1.47 bits per heavy atom. The number of hydrogen-bond acceptors (Lipinski definition) is 4. The Hall–Kier alpha value is -3.93. The number of aromatic nitrogens is 2. The zero-order chi connectivity index (χ0) is 23.3. The molecule has 0 saturated carbocycles. The van der Waals surface area contributed by atoms with E-state index >= 15 is 0 Å². The largest absolute Gasteiger partial charge is 0.352 e. The first kappa shape index (κ1) is 21.9. The minimum absolute atomic E-state index is 0.0491. The van der Waals surface area contributed by atoms with E-state index in [4.69, 9.17) is 4.98 Å². The van der Waals surface area contributed by atoms with Crippen molar-refractivity contribution in [2.24, 2.45) is 5.92 Å². The fourth-order valence-corrected chi connectivity index (χ4v) is 4.59. The van der Waals surface area contributed by atoms with Gasteiger partial charge in [0.05, 0.1) is 17.6 Å². The Balaban J connectivity index is 1.32. The van der Waals surface area contributed by atoms with Gasteiger partial charge in [-0.15, -0.1) is 0 Å². The monoisotopic (exact) mass is 452 g/mol. The minimum atomic E-state index is -0.0884. The van der Waals surface area contributed by atoms with Crippen molar-refractivity contribution < 1.29 is 4.79 Å². The molecule has 1 aromatic heterocycles. The average Bonchev–Trinajstić information content (AvgIpc) is 2.90. The number of benzene rings is 3. The zero-order valence-corrected chi connectivity index (χ0v) is 19.1. The van der Waals surface area contributed by atoms with Crippen LogP contribution in [-0.2, 0) is 17.9 Å². The summed E-state index contributed by atoms with van der Waals surface area (Å²) in [7, 11) is 0. The number of nitrogens with one attached hydrogen (secondary N) is 1. The number of rotatable bonds is 6. The Morgan fingerprint density at radius 1 is 0.853 bits per heavy atom. The number of hydrogen-bond donors (Lipinski definition) is 1. The molecule has 2 heterocycles. The molecule has 0 radical (unpaired) electrons. The van der Waals surface area contributed by atoms with E-state index in [-0.39, 0.29) is 17.4 Å². The van der Waals surface area contributed by atoms with Crippen LogP contribution in [0.15, 0.2) is 89.7 Å². The highest BCUT2D eigenvalue weighted by Crippen LogP contribution is 2.22. The smallest absolute Gasteiger partial charge is 0.294 e. The van der Waals surface area contributed by atoms with Crippen LogP contribution in [0.4, 0.5) is 5.82 Å². The van der Waals surface area contributed by atoms with E-state index in [1.165, 1.54) is 0 Å². The average molecular weight is 453 g/mol. The highest BCUT2D eigenvalue weighted by atomic mass is 16.2. The topological polar surface area (TPSA) is 67.2 Å². The number of nitrogens with zero attached hydrogens (tertiary/aromatic N) is 3. The molecule has 6 nitrogen and oxygen atoms in total. The molecule has 0 unspecified atom stereocenters. The molecule has 1 aliphatic heterocycles. The minimum Gasteiger partial charge on any atom is -0.352 e. The molecule has 0 atom stereocenters. The van der Waals surface area contributed by atoms with Crippen molar-refractivity contribution in [1.82, 2.24) is 14.9 Å². The fourth-order valence-electron chi connectivity index (χ4n) is 4.59. The lowest BCUT2D eigenvalue weighted by Crippen LogP contribution is -2.43. The molecule has 6 heteroatoms. The lowest BCUT2D eigenvalue weighted by atomic mass is 9.96. The van der Waals surface area contributed by atoms with Crippen LogP contribution in [0.2, 0.25) is 0 Å². The molecular formula is C28H28N4O2. The molecule has 1 aliphatic rings. The first-order valence-corrected chi connectivity index (χ1v) is 11.8. The predicted octanol–water partition coefficient (Wildman–Crippen LogP) is 3.98. The summed E-state index contributed by atoms with van der Waals surface area (Å²) in [4.78, 5) is 33.0. The fraction of sp³-hybridized carbons (Fsp3) is 0.250. The van der Waals surface area contributed by atoms with E-state index in [1.807, 2.05) is 94.4 Å². The highest BCUT2D eigenvalue weighted by molar-refractivity contribution is 5.79. The molecule has 0 bridgehead atoms. The van der Waals surface area contributed by atoms with Gasteiger partial charge in [0, 0.05) is 25.6 Å². The van der Waals surface area contributed by atoms with Crippen molar-refractivity contribution in [2.45, 2.75) is 25.9 Å². The Morgan fingerprint density at radius 3 is 2.18 bits per heavy atom. The summed E-state index contributed by atoms with van der Waals surface area (Å²) < 4.78 is 1.81. The van der Waals surface area contributed by atoms with Crippen molar-refractivity contribution >= 4 is 22.8 Å². The summed E-state index contributed by atoms with van der Waals surface area (Å²) in [5.41, 5.74) is 3.70. The molecule has 0 spiro atoms. The molecule has 3 aromatic carbocycles. The number of amides is 1. The summed E-state index contributed by atoms with van der Waals surface area (Å²) >= 11 is 0. The van der Waals surface area contributed by atoms with Crippen molar-refractivity contribution in [3.63, 3.8) is 0 Å². The van der Waals surface area contributed by atoms with E-state index < -0.39 is 0 Å². The van der Waals surface area contributed by atoms with Crippen LogP contribution in [0.25, 0.3) is 11.0 Å². The highest BCUT2D eigenvalue weighted by Gasteiger charge is 2.27. The maximum Gasteiger partial charge on any atom is 0.294 e. The number of anilines is 1. The third-order valence-electron chi connectivity index (χ3n) is 6.49. The van der Waals surface area contributed by atoms with Crippen LogP contribution in [0.3, 0.4) is 0 Å². The number of piperidine rings is 1. The molecule has 1 fully saturated rings. The molecule has 0 aliphatic carbocycles. The number of para-hydroxylation sites is 2. The SMILES string of the molecule is O=C(NCc1ccccc1)C1CCN(c2nc3ccccc3n(Cc3ccccc3)c2=O)CC1. The standard InChI is InChI=1S/C28H28N4O2/c33-27(29-19-21-9-3-1-4-10-21)23-15-17-31(18-16-23)26-28(34)32(20-22-11-5-2-6-12-22)25-14-8-7-13-24(25)30-26/h1-14,23H,15-20H2,(H,29,33). The van der Waals surface area contributed by atoms with Crippen LogP contribution >= 0.6 is 0 Å². The lowest BCUT2D eigenvalue weighted by molar-refractivity contribution is -0.125. The number of carbonyl (C=O) groups is 1. The number of fused-ring (bicyclic) bond motifs is 1. The van der Waals surface area contributed by atoms with Crippen LogP contribution in [0.5, 0.6) is 0 Å². The van der Waals surface area contributed by atoms with Gasteiger partial charge in [0.1, 0.15) is 0 Å². The van der Waals surface area contributed by atoms with Crippen molar-refractivity contribution in [1.29, 1.82) is 0 Å². The second kappa shape index (κ2) is 9.91. The van der Waals surface area contributed by atoms with Gasteiger partial charge in [-0.1, -0.05) is 72.8 Å². The zero-order valence-electron chi connectivity index (χ0n) is 19.1. The molecular weight excluding hydrogens is 424 g/mol. The summed E-state index contributed by atoms with van der Waals surface area (Å²) in [5, 5.41) is 3.06. The molecule has 5 rings (SSSR count). The van der Waals surface area contributed by atoms with E-state index in [9.17, 15) is 9.59 Å². The van der Waals surface area contributed by atoms with Crippen LogP contribution < -0.4 is 15.8 Å². The quantitative estimate of drug-likeness (QED) is 0.481. The van der Waals surface area contributed by atoms with Gasteiger partial charge >= 0.3 is 0 Å². The Kier molecular flexibility index (Phi) is 6.38. The number of carbonyl (C=O) groups excluding carboxylic acids is 1. The maximum absolute atomic E-state index is 13.5. The summed E-state index contributed by atoms with van der Waals surface area (Å²) in [6.07, 6.45) is 1.40. The van der Waals surface area contributed by atoms with Gasteiger partial charge < -0.3 is 10.2 Å². The van der Waals surface area contributed by atoms with Gasteiger partial charge in [-0.25, -0.2) is 4.98 Å². The third kappa shape index (κ3) is 4.71. The normalized spacial score (nSPS) is 14.3. The molecule has 172 valence electrons. The predicted molar refractivity (Wildman–Crippen MR) is 135 cm³/mol. The van der Waals surface area contributed by atoms with Crippen LogP contribution in [0.1, 0.15) is 24.0 Å². The lowest BCUT2D eigenvalue weighted by Gasteiger charge is -2.32. The molecule has 34 heavy (non-hydrogen) atoms. The van der Waals surface area contributed by atoms with Crippen molar-refractivity contribution in [3.05, 3.63) is 106 Å². The molecule has 1 amide bonds. The van der Waals surface area contributed by atoms with Gasteiger partial charge in [-0.05, 0) is 36.1 Å².